The van der Waals surface area contributed by atoms with Crippen LogP contribution in [0.15, 0.2) is 29.8 Å². The summed E-state index contributed by atoms with van der Waals surface area (Å²) in [4.78, 5) is 4.29. The highest BCUT2D eigenvalue weighted by molar-refractivity contribution is 7.09. The van der Waals surface area contributed by atoms with Gasteiger partial charge in [-0.2, -0.15) is 0 Å². The number of thiazole rings is 1. The number of aryl methyl sites for hydroxylation is 1. The minimum atomic E-state index is -0.134. The van der Waals surface area contributed by atoms with Crippen molar-refractivity contribution in [2.75, 3.05) is 6.54 Å². The van der Waals surface area contributed by atoms with Crippen molar-refractivity contribution in [3.05, 3.63) is 51.7 Å². The second-order valence-electron chi connectivity index (χ2n) is 4.66. The molecular weight excluding hydrogens is 259 g/mol. The van der Waals surface area contributed by atoms with Crippen LogP contribution in [0.25, 0.3) is 0 Å². The maximum atomic E-state index is 14.1. The molecule has 2 aromatic rings. The zero-order valence-electron chi connectivity index (χ0n) is 11.3. The van der Waals surface area contributed by atoms with Gasteiger partial charge in [0.1, 0.15) is 5.82 Å². The molecule has 0 spiro atoms. The molecular formula is C15H19FN2S. The summed E-state index contributed by atoms with van der Waals surface area (Å²) in [5.41, 5.74) is 1.68. The van der Waals surface area contributed by atoms with Crippen LogP contribution in [0.5, 0.6) is 0 Å². The second kappa shape index (κ2) is 6.78. The molecule has 0 fully saturated rings. The Kier molecular flexibility index (Phi) is 5.05. The smallest absolute Gasteiger partial charge is 0.128 e. The molecule has 1 N–H and O–H groups in total. The standard InChI is InChI=1S/C15H19FN2S/c1-3-6-17-14(10-15-18-7-8-19-15)12-5-4-11(2)9-13(12)16/h4-5,7-9,14,17H,3,6,10H2,1-2H3. The lowest BCUT2D eigenvalue weighted by molar-refractivity contribution is 0.496. The van der Waals surface area contributed by atoms with Gasteiger partial charge >= 0.3 is 0 Å². The third-order valence-corrected chi connectivity index (χ3v) is 3.84. The lowest BCUT2D eigenvalue weighted by Crippen LogP contribution is -2.25. The van der Waals surface area contributed by atoms with E-state index in [0.717, 1.165) is 35.5 Å². The number of hydrogen-bond donors (Lipinski definition) is 1. The number of aromatic nitrogens is 1. The lowest BCUT2D eigenvalue weighted by Gasteiger charge is -2.19. The van der Waals surface area contributed by atoms with Crippen LogP contribution >= 0.6 is 11.3 Å². The normalized spacial score (nSPS) is 12.6. The topological polar surface area (TPSA) is 24.9 Å². The van der Waals surface area contributed by atoms with Crippen molar-refractivity contribution in [1.82, 2.24) is 10.3 Å². The molecule has 1 aromatic heterocycles. The predicted octanol–water partition coefficient (Wildman–Crippen LogP) is 3.87. The van der Waals surface area contributed by atoms with Crippen molar-refractivity contribution >= 4 is 11.3 Å². The van der Waals surface area contributed by atoms with Crippen molar-refractivity contribution < 1.29 is 4.39 Å². The highest BCUT2D eigenvalue weighted by atomic mass is 32.1. The van der Waals surface area contributed by atoms with Gasteiger partial charge in [0.15, 0.2) is 0 Å². The van der Waals surface area contributed by atoms with Crippen molar-refractivity contribution in [3.63, 3.8) is 0 Å². The molecule has 1 unspecified atom stereocenters. The molecule has 1 aromatic carbocycles. The number of rotatable bonds is 6. The van der Waals surface area contributed by atoms with Crippen LogP contribution in [0.4, 0.5) is 4.39 Å². The summed E-state index contributed by atoms with van der Waals surface area (Å²) in [6.07, 6.45) is 3.56. The van der Waals surface area contributed by atoms with Crippen molar-refractivity contribution in [2.45, 2.75) is 32.7 Å². The summed E-state index contributed by atoms with van der Waals surface area (Å²) in [5.74, 6) is -0.134. The van der Waals surface area contributed by atoms with E-state index in [-0.39, 0.29) is 11.9 Å². The first-order valence-corrected chi connectivity index (χ1v) is 7.46. The number of halogens is 1. The average molecular weight is 278 g/mol. The molecule has 0 bridgehead atoms. The first-order valence-electron chi connectivity index (χ1n) is 6.58. The van der Waals surface area contributed by atoms with E-state index in [1.54, 1.807) is 23.6 Å². The van der Waals surface area contributed by atoms with Gasteiger partial charge in [0.2, 0.25) is 0 Å². The predicted molar refractivity (Wildman–Crippen MR) is 78.0 cm³/mol. The monoisotopic (exact) mass is 278 g/mol. The molecule has 102 valence electrons. The van der Waals surface area contributed by atoms with Gasteiger partial charge in [0.05, 0.1) is 5.01 Å². The van der Waals surface area contributed by atoms with Crippen LogP contribution in [-0.4, -0.2) is 11.5 Å². The van der Waals surface area contributed by atoms with Crippen LogP contribution in [0.3, 0.4) is 0 Å². The maximum Gasteiger partial charge on any atom is 0.128 e. The Balaban J connectivity index is 2.20. The Bertz CT molecular complexity index is 511. The molecule has 0 saturated heterocycles. The molecule has 2 rings (SSSR count). The third-order valence-electron chi connectivity index (χ3n) is 3.03. The molecule has 2 nitrogen and oxygen atoms in total. The number of benzene rings is 1. The maximum absolute atomic E-state index is 14.1. The van der Waals surface area contributed by atoms with E-state index in [9.17, 15) is 4.39 Å². The number of nitrogens with zero attached hydrogens (tertiary/aromatic N) is 1. The molecule has 1 heterocycles. The Morgan fingerprint density at radius 3 is 2.89 bits per heavy atom. The molecule has 0 aliphatic heterocycles. The molecule has 0 saturated carbocycles. The zero-order chi connectivity index (χ0) is 13.7. The largest absolute Gasteiger partial charge is 0.309 e. The fourth-order valence-electron chi connectivity index (χ4n) is 2.05. The first-order chi connectivity index (χ1) is 9.20. The van der Waals surface area contributed by atoms with Crippen LogP contribution in [0.2, 0.25) is 0 Å². The minimum absolute atomic E-state index is 0.00769. The highest BCUT2D eigenvalue weighted by Gasteiger charge is 2.16. The van der Waals surface area contributed by atoms with E-state index in [4.69, 9.17) is 0 Å². The van der Waals surface area contributed by atoms with E-state index in [1.165, 1.54) is 0 Å². The molecule has 0 aliphatic carbocycles. The molecule has 4 heteroatoms. The summed E-state index contributed by atoms with van der Waals surface area (Å²) in [7, 11) is 0. The molecule has 0 amide bonds. The van der Waals surface area contributed by atoms with E-state index < -0.39 is 0 Å². The van der Waals surface area contributed by atoms with E-state index in [1.807, 2.05) is 24.4 Å². The van der Waals surface area contributed by atoms with Crippen molar-refractivity contribution in [2.24, 2.45) is 0 Å². The van der Waals surface area contributed by atoms with Gasteiger partial charge in [-0.1, -0.05) is 19.1 Å². The summed E-state index contributed by atoms with van der Waals surface area (Å²) >= 11 is 1.61. The Labute approximate surface area is 117 Å². The Morgan fingerprint density at radius 1 is 1.42 bits per heavy atom. The van der Waals surface area contributed by atoms with Crippen molar-refractivity contribution in [3.8, 4) is 0 Å². The number of nitrogens with one attached hydrogen (secondary N) is 1. The summed E-state index contributed by atoms with van der Waals surface area (Å²) in [5, 5.41) is 6.40. The molecule has 0 aliphatic rings. The van der Waals surface area contributed by atoms with E-state index in [0.29, 0.717) is 0 Å². The quantitative estimate of drug-likeness (QED) is 0.867. The third kappa shape index (κ3) is 3.85. The Morgan fingerprint density at radius 2 is 2.26 bits per heavy atom. The zero-order valence-corrected chi connectivity index (χ0v) is 12.1. The fraction of sp³-hybridized carbons (Fsp3) is 0.400. The van der Waals surface area contributed by atoms with Crippen LogP contribution in [-0.2, 0) is 6.42 Å². The van der Waals surface area contributed by atoms with Gasteiger partial charge < -0.3 is 5.32 Å². The number of hydrogen-bond acceptors (Lipinski definition) is 3. The minimum Gasteiger partial charge on any atom is -0.309 e. The fourth-order valence-corrected chi connectivity index (χ4v) is 2.72. The van der Waals surface area contributed by atoms with Gasteiger partial charge in [0, 0.05) is 29.6 Å². The summed E-state index contributed by atoms with van der Waals surface area (Å²) < 4.78 is 14.1. The van der Waals surface area contributed by atoms with E-state index >= 15 is 0 Å². The molecule has 19 heavy (non-hydrogen) atoms. The van der Waals surface area contributed by atoms with Crippen LogP contribution in [0.1, 0.15) is 35.5 Å². The summed E-state index contributed by atoms with van der Waals surface area (Å²) in [6, 6.07) is 5.43. The first kappa shape index (κ1) is 14.2. The van der Waals surface area contributed by atoms with Gasteiger partial charge in [-0.3, -0.25) is 0 Å². The van der Waals surface area contributed by atoms with E-state index in [2.05, 4.69) is 17.2 Å². The Hall–Kier alpha value is -1.26. The second-order valence-corrected chi connectivity index (χ2v) is 5.64. The SMILES string of the molecule is CCCNC(Cc1nccs1)c1ccc(C)cc1F. The van der Waals surface area contributed by atoms with Crippen LogP contribution < -0.4 is 5.32 Å². The molecule has 1 atom stereocenters. The van der Waals surface area contributed by atoms with Crippen molar-refractivity contribution in [1.29, 1.82) is 0 Å². The van der Waals surface area contributed by atoms with Crippen LogP contribution in [0, 0.1) is 12.7 Å². The van der Waals surface area contributed by atoms with Gasteiger partial charge in [-0.15, -0.1) is 11.3 Å². The van der Waals surface area contributed by atoms with Gasteiger partial charge in [0.25, 0.3) is 0 Å². The molecule has 0 radical (unpaired) electrons. The average Bonchev–Trinajstić information content (AvgIpc) is 2.88. The summed E-state index contributed by atoms with van der Waals surface area (Å²) in [6.45, 7) is 4.89. The van der Waals surface area contributed by atoms with Gasteiger partial charge in [-0.05, 0) is 31.5 Å². The lowest BCUT2D eigenvalue weighted by atomic mass is 10.0. The highest BCUT2D eigenvalue weighted by Crippen LogP contribution is 2.23. The van der Waals surface area contributed by atoms with Gasteiger partial charge in [-0.25, -0.2) is 9.37 Å².